The van der Waals surface area contributed by atoms with Gasteiger partial charge in [-0.25, -0.2) is 12.7 Å². The molecule has 3 heterocycles. The second-order valence-electron chi connectivity index (χ2n) is 7.65. The molecule has 3 atom stereocenters. The fraction of sp³-hybridized carbons (Fsp3) is 0.706. The van der Waals surface area contributed by atoms with Gasteiger partial charge < -0.3 is 14.3 Å². The molecule has 2 saturated heterocycles. The maximum atomic E-state index is 12.8. The van der Waals surface area contributed by atoms with E-state index in [4.69, 9.17) is 4.52 Å². The van der Waals surface area contributed by atoms with Gasteiger partial charge in [0.15, 0.2) is 11.5 Å². The number of amides is 2. The van der Waals surface area contributed by atoms with Crippen molar-refractivity contribution in [3.63, 3.8) is 0 Å². The number of hydrogen-bond donors (Lipinski definition) is 0. The molecule has 0 spiro atoms. The predicted octanol–water partition coefficient (Wildman–Crippen LogP) is 0.395. The first-order valence-corrected chi connectivity index (χ1v) is 10.9. The van der Waals surface area contributed by atoms with Gasteiger partial charge in [-0.1, -0.05) is 18.5 Å². The molecular formula is C17H26N4O5S. The molecule has 0 aliphatic carbocycles. The summed E-state index contributed by atoms with van der Waals surface area (Å²) in [7, 11) is 0.0964. The molecule has 2 fully saturated rings. The molecule has 0 N–H and O–H groups in total. The van der Waals surface area contributed by atoms with Gasteiger partial charge in [0.2, 0.25) is 15.9 Å². The topological polar surface area (TPSA) is 104 Å². The number of rotatable bonds is 6. The van der Waals surface area contributed by atoms with Gasteiger partial charge in [-0.3, -0.25) is 9.59 Å². The van der Waals surface area contributed by atoms with Crippen LogP contribution in [-0.2, 0) is 21.4 Å². The van der Waals surface area contributed by atoms with Crippen LogP contribution in [0, 0.1) is 11.8 Å². The fourth-order valence-electron chi connectivity index (χ4n) is 4.15. The summed E-state index contributed by atoms with van der Waals surface area (Å²) < 4.78 is 30.5. The van der Waals surface area contributed by atoms with Crippen LogP contribution < -0.4 is 0 Å². The quantitative estimate of drug-likeness (QED) is 0.683. The minimum Gasteiger partial charge on any atom is -0.359 e. The molecule has 0 aromatic carbocycles. The average Bonchev–Trinajstić information content (AvgIpc) is 3.22. The van der Waals surface area contributed by atoms with E-state index in [2.05, 4.69) is 5.16 Å². The Hall–Kier alpha value is -1.94. The molecule has 10 heteroatoms. The molecule has 150 valence electrons. The van der Waals surface area contributed by atoms with E-state index < -0.39 is 16.1 Å². The smallest absolute Gasteiger partial charge is 0.276 e. The number of carbonyl (C=O) groups is 2. The summed E-state index contributed by atoms with van der Waals surface area (Å²) in [5, 5.41) is 3.85. The Morgan fingerprint density at radius 2 is 2.07 bits per heavy atom. The molecular weight excluding hydrogens is 372 g/mol. The number of sulfonamides is 1. The van der Waals surface area contributed by atoms with E-state index >= 15 is 0 Å². The third-order valence-electron chi connectivity index (χ3n) is 5.18. The third kappa shape index (κ3) is 3.73. The van der Waals surface area contributed by atoms with Gasteiger partial charge in [0.05, 0.1) is 18.8 Å². The van der Waals surface area contributed by atoms with Gasteiger partial charge in [0.25, 0.3) is 5.91 Å². The molecule has 0 bridgehead atoms. The molecule has 2 amide bonds. The molecule has 27 heavy (non-hydrogen) atoms. The monoisotopic (exact) mass is 398 g/mol. The van der Waals surface area contributed by atoms with Crippen molar-refractivity contribution in [1.29, 1.82) is 0 Å². The Labute approximate surface area is 159 Å². The zero-order valence-electron chi connectivity index (χ0n) is 16.1. The van der Waals surface area contributed by atoms with Crippen LogP contribution in [0.2, 0.25) is 0 Å². The van der Waals surface area contributed by atoms with Gasteiger partial charge in [0, 0.05) is 31.0 Å². The summed E-state index contributed by atoms with van der Waals surface area (Å²) in [5.74, 6) is -0.594. The van der Waals surface area contributed by atoms with Crippen LogP contribution in [0.4, 0.5) is 0 Å². The van der Waals surface area contributed by atoms with E-state index in [0.717, 1.165) is 17.0 Å². The van der Waals surface area contributed by atoms with E-state index in [0.29, 0.717) is 25.3 Å². The van der Waals surface area contributed by atoms with Crippen molar-refractivity contribution in [3.8, 4) is 0 Å². The highest BCUT2D eigenvalue weighted by Gasteiger charge is 2.55. The lowest BCUT2D eigenvalue weighted by molar-refractivity contribution is -0.128. The second-order valence-corrected chi connectivity index (χ2v) is 9.51. The first-order chi connectivity index (χ1) is 12.6. The van der Waals surface area contributed by atoms with Gasteiger partial charge >= 0.3 is 0 Å². The third-order valence-corrected chi connectivity index (χ3v) is 6.34. The largest absolute Gasteiger partial charge is 0.359 e. The SMILES string of the molecule is CCC[C@@H]1C(=O)N(S(C)(=O)=O)[C@@H]2CN(C(=O)c3cc(CN(C)C)on3)C[C@@H]12. The lowest BCUT2D eigenvalue weighted by Crippen LogP contribution is -2.43. The fourth-order valence-corrected chi connectivity index (χ4v) is 5.33. The average molecular weight is 398 g/mol. The first-order valence-electron chi connectivity index (χ1n) is 9.06. The van der Waals surface area contributed by atoms with Crippen LogP contribution in [0.5, 0.6) is 0 Å². The highest BCUT2D eigenvalue weighted by molar-refractivity contribution is 7.88. The second kappa shape index (κ2) is 7.23. The molecule has 2 aliphatic rings. The molecule has 0 unspecified atom stereocenters. The minimum absolute atomic E-state index is 0.177. The summed E-state index contributed by atoms with van der Waals surface area (Å²) in [6.45, 7) is 3.03. The number of carbonyl (C=O) groups excluding carboxylic acids is 2. The van der Waals surface area contributed by atoms with E-state index in [-0.39, 0.29) is 35.9 Å². The molecule has 0 saturated carbocycles. The van der Waals surface area contributed by atoms with Crippen molar-refractivity contribution in [3.05, 3.63) is 17.5 Å². The summed E-state index contributed by atoms with van der Waals surface area (Å²) >= 11 is 0. The standard InChI is InChI=1S/C17H26N4O5S/c1-5-6-12-13-9-20(10-15(13)21(16(12)22)27(4,24)25)17(23)14-7-11(26-18-14)8-19(2)3/h7,12-13,15H,5-6,8-10H2,1-4H3/t12-,13-,15+/m0/s1. The van der Waals surface area contributed by atoms with Crippen LogP contribution in [0.1, 0.15) is 36.0 Å². The van der Waals surface area contributed by atoms with Crippen LogP contribution in [-0.4, -0.2) is 79.0 Å². The van der Waals surface area contributed by atoms with E-state index in [1.165, 1.54) is 0 Å². The Kier molecular flexibility index (Phi) is 5.31. The van der Waals surface area contributed by atoms with E-state index in [9.17, 15) is 18.0 Å². The van der Waals surface area contributed by atoms with Gasteiger partial charge in [0.1, 0.15) is 0 Å². The highest BCUT2D eigenvalue weighted by atomic mass is 32.2. The summed E-state index contributed by atoms with van der Waals surface area (Å²) in [6.07, 6.45) is 2.44. The Morgan fingerprint density at radius 1 is 1.37 bits per heavy atom. The van der Waals surface area contributed by atoms with Crippen LogP contribution >= 0.6 is 0 Å². The zero-order valence-corrected chi connectivity index (χ0v) is 16.9. The van der Waals surface area contributed by atoms with Gasteiger partial charge in [-0.15, -0.1) is 0 Å². The van der Waals surface area contributed by atoms with Crippen molar-refractivity contribution in [1.82, 2.24) is 19.3 Å². The zero-order chi connectivity index (χ0) is 19.9. The van der Waals surface area contributed by atoms with Crippen LogP contribution in [0.3, 0.4) is 0 Å². The Bertz CT molecular complexity index is 834. The van der Waals surface area contributed by atoms with Crippen molar-refractivity contribution < 1.29 is 22.5 Å². The van der Waals surface area contributed by atoms with Gasteiger partial charge in [-0.05, 0) is 20.5 Å². The van der Waals surface area contributed by atoms with Crippen LogP contribution in [0.25, 0.3) is 0 Å². The molecule has 3 rings (SSSR count). The number of likely N-dealkylation sites (tertiary alicyclic amines) is 1. The normalized spacial score (nSPS) is 25.5. The molecule has 1 aromatic heterocycles. The van der Waals surface area contributed by atoms with E-state index in [1.54, 1.807) is 11.0 Å². The van der Waals surface area contributed by atoms with Crippen LogP contribution in [0.15, 0.2) is 10.6 Å². The van der Waals surface area contributed by atoms with E-state index in [1.807, 2.05) is 25.9 Å². The molecule has 1 aromatic rings. The first kappa shape index (κ1) is 19.8. The number of fused-ring (bicyclic) bond motifs is 1. The van der Waals surface area contributed by atoms with Crippen molar-refractivity contribution in [2.75, 3.05) is 33.4 Å². The number of nitrogens with zero attached hydrogens (tertiary/aromatic N) is 4. The van der Waals surface area contributed by atoms with Crippen molar-refractivity contribution in [2.24, 2.45) is 11.8 Å². The molecule has 0 radical (unpaired) electrons. The maximum Gasteiger partial charge on any atom is 0.276 e. The summed E-state index contributed by atoms with van der Waals surface area (Å²) in [4.78, 5) is 28.9. The number of hydrogen-bond acceptors (Lipinski definition) is 7. The lowest BCUT2D eigenvalue weighted by atomic mass is 9.89. The van der Waals surface area contributed by atoms with Crippen molar-refractivity contribution >= 4 is 21.8 Å². The minimum atomic E-state index is -3.67. The Morgan fingerprint density at radius 3 is 2.67 bits per heavy atom. The summed E-state index contributed by atoms with van der Waals surface area (Å²) in [5.41, 5.74) is 0.205. The number of aromatic nitrogens is 1. The maximum absolute atomic E-state index is 12.8. The lowest BCUT2D eigenvalue weighted by Gasteiger charge is -2.23. The molecule has 2 aliphatic heterocycles. The predicted molar refractivity (Wildman–Crippen MR) is 97.2 cm³/mol. The van der Waals surface area contributed by atoms with Gasteiger partial charge in [-0.2, -0.15) is 0 Å². The highest BCUT2D eigenvalue weighted by Crippen LogP contribution is 2.40. The van der Waals surface area contributed by atoms with Crippen molar-refractivity contribution in [2.45, 2.75) is 32.4 Å². The summed E-state index contributed by atoms with van der Waals surface area (Å²) in [6, 6.07) is 1.11. The molecule has 9 nitrogen and oxygen atoms in total. The Balaban J connectivity index is 1.80.